The predicted octanol–water partition coefficient (Wildman–Crippen LogP) is 3.23. The van der Waals surface area contributed by atoms with Gasteiger partial charge in [-0.2, -0.15) is 0 Å². The molecule has 96 valence electrons. The maximum Gasteiger partial charge on any atom is 0.168 e. The molecule has 18 heavy (non-hydrogen) atoms. The van der Waals surface area contributed by atoms with Gasteiger partial charge in [0.2, 0.25) is 0 Å². The van der Waals surface area contributed by atoms with Crippen molar-refractivity contribution in [1.82, 2.24) is 0 Å². The van der Waals surface area contributed by atoms with Crippen LogP contribution < -0.4 is 10.5 Å². The molecule has 0 aliphatic heterocycles. The van der Waals surface area contributed by atoms with Crippen LogP contribution in [-0.2, 0) is 6.42 Å². The highest BCUT2D eigenvalue weighted by atomic mass is 16.5. The molecule has 3 nitrogen and oxygen atoms in total. The summed E-state index contributed by atoms with van der Waals surface area (Å²) in [6, 6.07) is 11.9. The van der Waals surface area contributed by atoms with Gasteiger partial charge in [-0.25, -0.2) is 0 Å². The molecule has 0 fully saturated rings. The number of benzene rings is 1. The normalized spacial score (nSPS) is 12.4. The maximum atomic E-state index is 5.89. The third-order valence-electron chi connectivity index (χ3n) is 2.88. The predicted molar refractivity (Wildman–Crippen MR) is 71.7 cm³/mol. The Balaban J connectivity index is 2.14. The van der Waals surface area contributed by atoms with Gasteiger partial charge in [0.15, 0.2) is 6.10 Å². The zero-order chi connectivity index (χ0) is 13.0. The molecule has 1 aromatic carbocycles. The molecule has 0 saturated carbocycles. The van der Waals surface area contributed by atoms with E-state index < -0.39 is 0 Å². The lowest BCUT2D eigenvalue weighted by molar-refractivity contribution is 0.182. The van der Waals surface area contributed by atoms with Crippen LogP contribution in [0.25, 0.3) is 0 Å². The van der Waals surface area contributed by atoms with Crippen molar-refractivity contribution < 1.29 is 9.15 Å². The van der Waals surface area contributed by atoms with E-state index in [0.717, 1.165) is 23.7 Å². The van der Waals surface area contributed by atoms with Gasteiger partial charge in [-0.15, -0.1) is 0 Å². The van der Waals surface area contributed by atoms with Crippen LogP contribution >= 0.6 is 0 Å². The van der Waals surface area contributed by atoms with Crippen molar-refractivity contribution in [3.05, 3.63) is 53.5 Å². The molecule has 0 aliphatic rings. The van der Waals surface area contributed by atoms with E-state index in [1.165, 1.54) is 5.56 Å². The zero-order valence-corrected chi connectivity index (χ0v) is 10.8. The summed E-state index contributed by atoms with van der Waals surface area (Å²) < 4.78 is 11.4. The Kier molecular flexibility index (Phi) is 4.05. The first-order valence-electron chi connectivity index (χ1n) is 6.25. The van der Waals surface area contributed by atoms with Crippen LogP contribution in [0.4, 0.5) is 0 Å². The van der Waals surface area contributed by atoms with Crippen molar-refractivity contribution in [1.29, 1.82) is 0 Å². The first-order chi connectivity index (χ1) is 8.72. The van der Waals surface area contributed by atoms with E-state index in [1.807, 2.05) is 37.3 Å². The molecule has 0 spiro atoms. The number of nitrogens with two attached hydrogens (primary N) is 1. The fraction of sp³-hybridized carbons (Fsp3) is 0.333. The van der Waals surface area contributed by atoms with Crippen LogP contribution in [0, 0.1) is 6.92 Å². The fourth-order valence-electron chi connectivity index (χ4n) is 1.85. The summed E-state index contributed by atoms with van der Waals surface area (Å²) in [7, 11) is 0. The average molecular weight is 245 g/mol. The van der Waals surface area contributed by atoms with E-state index in [-0.39, 0.29) is 6.10 Å². The number of ether oxygens (including phenoxy) is 1. The van der Waals surface area contributed by atoms with Gasteiger partial charge in [-0.1, -0.05) is 19.1 Å². The Morgan fingerprint density at radius 2 is 2.11 bits per heavy atom. The number of aryl methyl sites for hydroxylation is 2. The summed E-state index contributed by atoms with van der Waals surface area (Å²) in [6.07, 6.45) is 0.760. The van der Waals surface area contributed by atoms with Gasteiger partial charge in [0, 0.05) is 6.54 Å². The smallest absolute Gasteiger partial charge is 0.168 e. The lowest BCUT2D eigenvalue weighted by atomic mass is 10.1. The van der Waals surface area contributed by atoms with Gasteiger partial charge < -0.3 is 14.9 Å². The molecule has 1 unspecified atom stereocenters. The molecule has 2 N–H and O–H groups in total. The highest BCUT2D eigenvalue weighted by Crippen LogP contribution is 2.23. The van der Waals surface area contributed by atoms with Gasteiger partial charge in [0.05, 0.1) is 0 Å². The number of hydrogen-bond donors (Lipinski definition) is 1. The number of hydrogen-bond acceptors (Lipinski definition) is 3. The van der Waals surface area contributed by atoms with Crippen molar-refractivity contribution in [2.24, 2.45) is 5.73 Å². The van der Waals surface area contributed by atoms with Crippen molar-refractivity contribution in [3.8, 4) is 5.75 Å². The van der Waals surface area contributed by atoms with Crippen LogP contribution in [0.2, 0.25) is 0 Å². The van der Waals surface area contributed by atoms with E-state index in [1.54, 1.807) is 0 Å². The van der Waals surface area contributed by atoms with E-state index >= 15 is 0 Å². The van der Waals surface area contributed by atoms with Crippen LogP contribution in [0.15, 0.2) is 40.8 Å². The lowest BCUT2D eigenvalue weighted by Gasteiger charge is -2.15. The van der Waals surface area contributed by atoms with Gasteiger partial charge in [-0.3, -0.25) is 0 Å². The average Bonchev–Trinajstić information content (AvgIpc) is 2.82. The van der Waals surface area contributed by atoms with E-state index in [2.05, 4.69) is 13.0 Å². The summed E-state index contributed by atoms with van der Waals surface area (Å²) in [5, 5.41) is 0. The minimum atomic E-state index is -0.231. The highest BCUT2D eigenvalue weighted by molar-refractivity contribution is 5.29. The molecule has 0 bridgehead atoms. The molecule has 1 heterocycles. The molecule has 0 radical (unpaired) electrons. The SMILES string of the molecule is CCc1cccc(OC(CN)c2ccc(C)o2)c1. The molecular weight excluding hydrogens is 226 g/mol. The maximum absolute atomic E-state index is 5.89. The molecule has 1 aromatic heterocycles. The monoisotopic (exact) mass is 245 g/mol. The van der Waals surface area contributed by atoms with Crippen molar-refractivity contribution in [2.45, 2.75) is 26.4 Å². The fourth-order valence-corrected chi connectivity index (χ4v) is 1.85. The number of rotatable bonds is 5. The summed E-state index contributed by atoms with van der Waals surface area (Å²) in [6.45, 7) is 4.42. The van der Waals surface area contributed by atoms with Crippen molar-refractivity contribution >= 4 is 0 Å². The molecule has 0 amide bonds. The number of furan rings is 1. The quantitative estimate of drug-likeness (QED) is 0.879. The molecule has 1 atom stereocenters. The van der Waals surface area contributed by atoms with Gasteiger partial charge in [0.1, 0.15) is 17.3 Å². The van der Waals surface area contributed by atoms with Crippen LogP contribution in [-0.4, -0.2) is 6.54 Å². The Labute approximate surface area is 108 Å². The summed E-state index contributed by atoms with van der Waals surface area (Å²) in [5.41, 5.74) is 7.00. The topological polar surface area (TPSA) is 48.4 Å². The Bertz CT molecular complexity index is 505. The Morgan fingerprint density at radius 1 is 1.28 bits per heavy atom. The molecule has 3 heteroatoms. The van der Waals surface area contributed by atoms with Crippen LogP contribution in [0.5, 0.6) is 5.75 Å². The van der Waals surface area contributed by atoms with Gasteiger partial charge in [0.25, 0.3) is 0 Å². The summed E-state index contributed by atoms with van der Waals surface area (Å²) in [4.78, 5) is 0. The minimum Gasteiger partial charge on any atom is -0.481 e. The standard InChI is InChI=1S/C15H19NO2/c1-3-12-5-4-6-13(9-12)18-15(10-16)14-8-7-11(2)17-14/h4-9,15H,3,10,16H2,1-2H3. The zero-order valence-electron chi connectivity index (χ0n) is 10.8. The first kappa shape index (κ1) is 12.7. The minimum absolute atomic E-state index is 0.231. The molecular formula is C15H19NO2. The molecule has 2 rings (SSSR count). The largest absolute Gasteiger partial charge is 0.481 e. The van der Waals surface area contributed by atoms with E-state index in [0.29, 0.717) is 6.54 Å². The van der Waals surface area contributed by atoms with E-state index in [4.69, 9.17) is 14.9 Å². The van der Waals surface area contributed by atoms with Gasteiger partial charge >= 0.3 is 0 Å². The third kappa shape index (κ3) is 2.93. The summed E-state index contributed by atoms with van der Waals surface area (Å²) in [5.74, 6) is 2.48. The van der Waals surface area contributed by atoms with Gasteiger partial charge in [-0.05, 0) is 43.2 Å². The molecule has 0 saturated heterocycles. The van der Waals surface area contributed by atoms with Crippen LogP contribution in [0.3, 0.4) is 0 Å². The Hall–Kier alpha value is -1.74. The third-order valence-corrected chi connectivity index (χ3v) is 2.88. The second kappa shape index (κ2) is 5.74. The van der Waals surface area contributed by atoms with Crippen molar-refractivity contribution in [3.63, 3.8) is 0 Å². The lowest BCUT2D eigenvalue weighted by Crippen LogP contribution is -2.17. The Morgan fingerprint density at radius 3 is 2.72 bits per heavy atom. The first-order valence-corrected chi connectivity index (χ1v) is 6.25. The van der Waals surface area contributed by atoms with Crippen molar-refractivity contribution in [2.75, 3.05) is 6.54 Å². The highest BCUT2D eigenvalue weighted by Gasteiger charge is 2.15. The van der Waals surface area contributed by atoms with E-state index in [9.17, 15) is 0 Å². The summed E-state index contributed by atoms with van der Waals surface area (Å²) >= 11 is 0. The second-order valence-electron chi connectivity index (χ2n) is 4.29. The van der Waals surface area contributed by atoms with Crippen LogP contribution in [0.1, 0.15) is 30.1 Å². The second-order valence-corrected chi connectivity index (χ2v) is 4.29. The molecule has 2 aromatic rings. The molecule has 0 aliphatic carbocycles.